The zero-order chi connectivity index (χ0) is 21.8. The van der Waals surface area contributed by atoms with Crippen molar-refractivity contribution < 1.29 is 14.3 Å². The van der Waals surface area contributed by atoms with Gasteiger partial charge < -0.3 is 19.5 Å². The molecule has 1 atom stereocenters. The Hall–Kier alpha value is -2.41. The quantitative estimate of drug-likeness (QED) is 0.717. The number of fused-ring (bicyclic) bond motifs is 3. The average molecular weight is 427 g/mol. The fourth-order valence-corrected chi connectivity index (χ4v) is 4.99. The molecule has 0 bridgehead atoms. The molecule has 7 heteroatoms. The van der Waals surface area contributed by atoms with Crippen LogP contribution in [0.4, 0.5) is 0 Å². The lowest BCUT2D eigenvalue weighted by atomic mass is 9.92. The van der Waals surface area contributed by atoms with Crippen LogP contribution < -0.4 is 5.32 Å². The fourth-order valence-electron chi connectivity index (χ4n) is 4.99. The highest BCUT2D eigenvalue weighted by atomic mass is 16.5. The van der Waals surface area contributed by atoms with Gasteiger partial charge in [-0.1, -0.05) is 44.2 Å². The van der Waals surface area contributed by atoms with E-state index in [1.54, 1.807) is 12.0 Å². The van der Waals surface area contributed by atoms with E-state index in [1.165, 1.54) is 19.3 Å². The highest BCUT2D eigenvalue weighted by Gasteiger charge is 2.48. The number of methoxy groups -OCH3 is 1. The summed E-state index contributed by atoms with van der Waals surface area (Å²) in [5.41, 5.74) is 0.712. The molecule has 2 aromatic rings. The van der Waals surface area contributed by atoms with Crippen LogP contribution in [0.5, 0.6) is 0 Å². The number of carbonyl (C=O) groups is 2. The molecule has 4 rings (SSSR count). The number of carbonyl (C=O) groups excluding carboxylic acids is 2. The molecule has 0 radical (unpaired) electrons. The number of rotatable bonds is 6. The molecule has 1 aliphatic heterocycles. The standard InChI is InChI=1S/C24H34N4O3/c1-24(23(30)25-18-11-6-4-3-5-7-12-18)17-27-20-14-9-8-13-19(20)26-21(27)22(29)28(24)15-10-16-31-2/h8-9,13-14,18H,3-7,10-12,15-17H2,1-2H3,(H,25,30)/t24-/m1/s1. The van der Waals surface area contributed by atoms with E-state index >= 15 is 0 Å². The molecule has 1 saturated carbocycles. The van der Waals surface area contributed by atoms with Crippen molar-refractivity contribution >= 4 is 22.8 Å². The summed E-state index contributed by atoms with van der Waals surface area (Å²) in [6.07, 6.45) is 8.75. The maximum Gasteiger partial charge on any atom is 0.290 e. The molecular weight excluding hydrogens is 392 g/mol. The molecule has 1 aromatic heterocycles. The molecule has 0 spiro atoms. The summed E-state index contributed by atoms with van der Waals surface area (Å²) >= 11 is 0. The third-order valence-corrected chi connectivity index (χ3v) is 6.81. The van der Waals surface area contributed by atoms with E-state index in [0.717, 1.165) is 36.7 Å². The van der Waals surface area contributed by atoms with E-state index in [1.807, 2.05) is 35.8 Å². The molecule has 2 aliphatic rings. The van der Waals surface area contributed by atoms with Gasteiger partial charge in [-0.25, -0.2) is 4.98 Å². The van der Waals surface area contributed by atoms with Crippen molar-refractivity contribution in [3.05, 3.63) is 30.1 Å². The fraction of sp³-hybridized carbons (Fsp3) is 0.625. The molecule has 168 valence electrons. The van der Waals surface area contributed by atoms with Gasteiger partial charge in [0, 0.05) is 26.3 Å². The van der Waals surface area contributed by atoms with Gasteiger partial charge in [0.25, 0.3) is 5.91 Å². The Kier molecular flexibility index (Phi) is 6.60. The first-order valence-electron chi connectivity index (χ1n) is 11.6. The van der Waals surface area contributed by atoms with Crippen LogP contribution in [0.1, 0.15) is 68.9 Å². The number of para-hydroxylation sites is 2. The number of amides is 2. The lowest BCUT2D eigenvalue weighted by molar-refractivity contribution is -0.133. The van der Waals surface area contributed by atoms with Crippen molar-refractivity contribution in [2.24, 2.45) is 0 Å². The van der Waals surface area contributed by atoms with Crippen LogP contribution >= 0.6 is 0 Å². The summed E-state index contributed by atoms with van der Waals surface area (Å²) in [5, 5.41) is 3.31. The SMILES string of the molecule is COCCCN1C(=O)c2nc3ccccc3n2C[C@]1(C)C(=O)NC1CCCCCCC1. The Morgan fingerprint density at radius 1 is 1.19 bits per heavy atom. The highest BCUT2D eigenvalue weighted by Crippen LogP contribution is 2.31. The molecule has 1 aromatic carbocycles. The lowest BCUT2D eigenvalue weighted by Gasteiger charge is -2.44. The van der Waals surface area contributed by atoms with Crippen molar-refractivity contribution in [2.75, 3.05) is 20.3 Å². The van der Waals surface area contributed by atoms with Crippen LogP contribution in [0, 0.1) is 0 Å². The van der Waals surface area contributed by atoms with Crippen molar-refractivity contribution in [3.8, 4) is 0 Å². The molecule has 31 heavy (non-hydrogen) atoms. The minimum Gasteiger partial charge on any atom is -0.385 e. The number of hydrogen-bond acceptors (Lipinski definition) is 4. The van der Waals surface area contributed by atoms with Gasteiger partial charge in [0.15, 0.2) is 5.82 Å². The molecule has 7 nitrogen and oxygen atoms in total. The molecule has 1 N–H and O–H groups in total. The van der Waals surface area contributed by atoms with Crippen LogP contribution in [-0.2, 0) is 16.1 Å². The van der Waals surface area contributed by atoms with Crippen LogP contribution in [0.2, 0.25) is 0 Å². The first-order chi connectivity index (χ1) is 15.0. The normalized spacial score (nSPS) is 22.8. The molecule has 0 unspecified atom stereocenters. The number of hydrogen-bond donors (Lipinski definition) is 1. The van der Waals surface area contributed by atoms with E-state index < -0.39 is 5.54 Å². The average Bonchev–Trinajstić information content (AvgIpc) is 3.11. The molecule has 0 saturated heterocycles. The van der Waals surface area contributed by atoms with Gasteiger partial charge in [0.2, 0.25) is 5.91 Å². The van der Waals surface area contributed by atoms with Gasteiger partial charge in [-0.2, -0.15) is 0 Å². The Balaban J connectivity index is 1.64. The maximum atomic E-state index is 13.7. The number of aromatic nitrogens is 2. The van der Waals surface area contributed by atoms with E-state index in [9.17, 15) is 9.59 Å². The second-order valence-electron chi connectivity index (χ2n) is 9.10. The van der Waals surface area contributed by atoms with Gasteiger partial charge in [-0.15, -0.1) is 0 Å². The van der Waals surface area contributed by atoms with Gasteiger partial charge >= 0.3 is 0 Å². The Labute approximate surface area is 184 Å². The van der Waals surface area contributed by atoms with Gasteiger partial charge in [-0.3, -0.25) is 9.59 Å². The van der Waals surface area contributed by atoms with Gasteiger partial charge in [0.1, 0.15) is 5.54 Å². The van der Waals surface area contributed by atoms with Crippen LogP contribution in [0.3, 0.4) is 0 Å². The minimum atomic E-state index is -0.969. The maximum absolute atomic E-state index is 13.7. The Morgan fingerprint density at radius 2 is 1.90 bits per heavy atom. The third-order valence-electron chi connectivity index (χ3n) is 6.81. The zero-order valence-corrected chi connectivity index (χ0v) is 18.7. The van der Waals surface area contributed by atoms with E-state index in [-0.39, 0.29) is 17.9 Å². The van der Waals surface area contributed by atoms with E-state index in [4.69, 9.17) is 4.74 Å². The van der Waals surface area contributed by atoms with Crippen molar-refractivity contribution in [1.29, 1.82) is 0 Å². The second-order valence-corrected chi connectivity index (χ2v) is 9.10. The summed E-state index contributed by atoms with van der Waals surface area (Å²) in [4.78, 5) is 33.5. The summed E-state index contributed by atoms with van der Waals surface area (Å²) in [6, 6.07) is 7.92. The Bertz CT molecular complexity index is 932. The minimum absolute atomic E-state index is 0.0627. The van der Waals surface area contributed by atoms with Crippen LogP contribution in [0.15, 0.2) is 24.3 Å². The van der Waals surface area contributed by atoms with Gasteiger partial charge in [0.05, 0.1) is 17.6 Å². The molecular formula is C24H34N4O3. The third kappa shape index (κ3) is 4.33. The number of imidazole rings is 1. The smallest absolute Gasteiger partial charge is 0.290 e. The number of benzene rings is 1. The van der Waals surface area contributed by atoms with Crippen molar-refractivity contribution in [2.45, 2.75) is 76.4 Å². The molecule has 2 heterocycles. The largest absolute Gasteiger partial charge is 0.385 e. The number of nitrogens with zero attached hydrogens (tertiary/aromatic N) is 3. The lowest BCUT2D eigenvalue weighted by Crippen LogP contribution is -2.65. The zero-order valence-electron chi connectivity index (χ0n) is 18.7. The second kappa shape index (κ2) is 9.39. The molecule has 1 aliphatic carbocycles. The first-order valence-corrected chi connectivity index (χ1v) is 11.6. The van der Waals surface area contributed by atoms with E-state index in [2.05, 4.69) is 10.3 Å². The monoisotopic (exact) mass is 426 g/mol. The molecule has 2 amide bonds. The van der Waals surface area contributed by atoms with E-state index in [0.29, 0.717) is 31.9 Å². The summed E-state index contributed by atoms with van der Waals surface area (Å²) in [7, 11) is 1.65. The van der Waals surface area contributed by atoms with Crippen LogP contribution in [-0.4, -0.2) is 58.1 Å². The topological polar surface area (TPSA) is 76.5 Å². The number of ether oxygens (including phenoxy) is 1. The predicted molar refractivity (Wildman–Crippen MR) is 120 cm³/mol. The predicted octanol–water partition coefficient (Wildman–Crippen LogP) is 3.52. The first kappa shape index (κ1) is 21.8. The highest BCUT2D eigenvalue weighted by molar-refractivity contribution is 6.01. The molecule has 1 fully saturated rings. The number of nitrogens with one attached hydrogen (secondary N) is 1. The Morgan fingerprint density at radius 3 is 2.65 bits per heavy atom. The van der Waals surface area contributed by atoms with Crippen LogP contribution in [0.25, 0.3) is 11.0 Å². The van der Waals surface area contributed by atoms with Crippen molar-refractivity contribution in [1.82, 2.24) is 19.8 Å². The van der Waals surface area contributed by atoms with Gasteiger partial charge in [-0.05, 0) is 38.3 Å². The van der Waals surface area contributed by atoms with Crippen molar-refractivity contribution in [3.63, 3.8) is 0 Å². The summed E-state index contributed by atoms with van der Waals surface area (Å²) in [5.74, 6) is 0.163. The summed E-state index contributed by atoms with van der Waals surface area (Å²) in [6.45, 7) is 3.30. The summed E-state index contributed by atoms with van der Waals surface area (Å²) < 4.78 is 7.12.